The number of likely N-dealkylation sites (N-methyl/N-ethyl adjacent to an activating group) is 1. The van der Waals surface area contributed by atoms with Gasteiger partial charge in [0.05, 0.1) is 18.7 Å². The Morgan fingerprint density at radius 3 is 2.22 bits per heavy atom. The second-order valence-corrected chi connectivity index (χ2v) is 9.95. The lowest BCUT2D eigenvalue weighted by molar-refractivity contribution is -0.191. The number of rotatable bonds is 12. The number of carbonyl (C=O) groups is 2. The Hall–Kier alpha value is -3.16. The van der Waals surface area contributed by atoms with Gasteiger partial charge < -0.3 is 19.7 Å². The summed E-state index contributed by atoms with van der Waals surface area (Å²) in [6.07, 6.45) is 2.79. The summed E-state index contributed by atoms with van der Waals surface area (Å²) in [6, 6.07) is 15.1. The predicted octanol–water partition coefficient (Wildman–Crippen LogP) is 5.62. The van der Waals surface area contributed by atoms with Crippen LogP contribution in [0.2, 0.25) is 0 Å². The second-order valence-electron chi connectivity index (χ2n) is 9.95. The number of nitrogens with one attached hydrogen (secondary N) is 1. The molecular weight excluding hydrogens is 466 g/mol. The number of hydrogen-bond donors (Lipinski definition) is 1. The van der Waals surface area contributed by atoms with Gasteiger partial charge in [0.1, 0.15) is 11.2 Å². The highest BCUT2D eigenvalue weighted by molar-refractivity contribution is 6.03. The van der Waals surface area contributed by atoms with Crippen LogP contribution in [0, 0.1) is 12.3 Å². The molecule has 7 nitrogen and oxygen atoms in total. The minimum Gasteiger partial charge on any atom is -0.469 e. The van der Waals surface area contributed by atoms with Crippen LogP contribution in [-0.2, 0) is 9.53 Å². The first-order chi connectivity index (χ1) is 17.7. The van der Waals surface area contributed by atoms with E-state index in [1.165, 1.54) is 4.90 Å². The van der Waals surface area contributed by atoms with Crippen LogP contribution in [0.4, 0.5) is 4.79 Å². The average Bonchev–Trinajstić information content (AvgIpc) is 2.88. The first-order valence-corrected chi connectivity index (χ1v) is 13.0. The molecular formula is C30H41N3O4. The predicted molar refractivity (Wildman–Crippen MR) is 146 cm³/mol. The van der Waals surface area contributed by atoms with Crippen molar-refractivity contribution in [3.05, 3.63) is 77.9 Å². The summed E-state index contributed by atoms with van der Waals surface area (Å²) in [5.41, 5.74) is 2.46. The zero-order valence-electron chi connectivity index (χ0n) is 23.0. The summed E-state index contributed by atoms with van der Waals surface area (Å²) in [6.45, 7) is 10.4. The molecule has 1 heterocycles. The van der Waals surface area contributed by atoms with Crippen molar-refractivity contribution in [3.8, 4) is 5.75 Å². The van der Waals surface area contributed by atoms with Crippen molar-refractivity contribution in [2.45, 2.75) is 58.3 Å². The van der Waals surface area contributed by atoms with E-state index in [1.807, 2.05) is 83.4 Å². The molecule has 2 aromatic carbocycles. The van der Waals surface area contributed by atoms with Gasteiger partial charge in [-0.25, -0.2) is 9.69 Å². The number of imide groups is 1. The number of amides is 3. The molecule has 0 bridgehead atoms. The van der Waals surface area contributed by atoms with Crippen molar-refractivity contribution >= 4 is 11.9 Å². The molecule has 0 saturated carbocycles. The molecule has 1 N–H and O–H groups in total. The molecule has 3 rings (SSSR count). The molecule has 1 aliphatic rings. The average molecular weight is 508 g/mol. The van der Waals surface area contributed by atoms with Crippen molar-refractivity contribution < 1.29 is 19.1 Å². The van der Waals surface area contributed by atoms with Gasteiger partial charge >= 0.3 is 6.03 Å². The highest BCUT2D eigenvalue weighted by atomic mass is 16.5. The summed E-state index contributed by atoms with van der Waals surface area (Å²) in [4.78, 5) is 30.1. The number of methoxy groups -OCH3 is 1. The van der Waals surface area contributed by atoms with Gasteiger partial charge in [-0.1, -0.05) is 61.9 Å². The fraction of sp³-hybridized carbons (Fsp3) is 0.467. The van der Waals surface area contributed by atoms with E-state index in [1.54, 1.807) is 13.2 Å². The van der Waals surface area contributed by atoms with Crippen LogP contribution in [0.25, 0.3) is 0 Å². The minimum absolute atomic E-state index is 0.112. The normalized spacial score (nSPS) is 18.2. The Labute approximate surface area is 221 Å². The lowest BCUT2D eigenvalue weighted by Crippen LogP contribution is -2.73. The molecule has 2 unspecified atom stereocenters. The third-order valence-electron chi connectivity index (χ3n) is 7.47. The molecule has 2 aromatic rings. The van der Waals surface area contributed by atoms with E-state index in [0.717, 1.165) is 16.7 Å². The number of likely N-dealkylation sites (tertiary alicyclic amines) is 1. The summed E-state index contributed by atoms with van der Waals surface area (Å²) in [5, 5.41) is 3.03. The van der Waals surface area contributed by atoms with Gasteiger partial charge in [0.2, 0.25) is 5.91 Å². The number of carbonyl (C=O) groups excluding carboxylic acids is 2. The van der Waals surface area contributed by atoms with E-state index in [4.69, 9.17) is 9.47 Å². The topological polar surface area (TPSA) is 71.1 Å². The van der Waals surface area contributed by atoms with E-state index in [0.29, 0.717) is 31.6 Å². The molecule has 3 amide bonds. The first-order valence-electron chi connectivity index (χ1n) is 13.0. The van der Waals surface area contributed by atoms with Crippen molar-refractivity contribution in [2.24, 2.45) is 5.41 Å². The molecule has 37 heavy (non-hydrogen) atoms. The van der Waals surface area contributed by atoms with Crippen LogP contribution in [0.3, 0.4) is 0 Å². The molecule has 0 aliphatic carbocycles. The van der Waals surface area contributed by atoms with Gasteiger partial charge in [0.25, 0.3) is 0 Å². The Morgan fingerprint density at radius 2 is 1.70 bits per heavy atom. The van der Waals surface area contributed by atoms with Crippen LogP contribution >= 0.6 is 0 Å². The van der Waals surface area contributed by atoms with E-state index < -0.39 is 17.7 Å². The number of aryl methyl sites for hydroxylation is 1. The zero-order chi connectivity index (χ0) is 27.2. The largest absolute Gasteiger partial charge is 0.469 e. The monoisotopic (exact) mass is 507 g/mol. The molecule has 0 spiro atoms. The standard InChI is InChI=1S/C30H41N3O4/c1-8-11-25(22-14-12-21(4)13-15-22)31-29(35)33-27(34)30(9-2,10-3)28(33)37-24-18-16-23(17-19-24)26(20-36-7)32(5)6/h8,12-19,25-26,28H,1,9-11,20H2,2-7H3,(H,31,35)/t25?,26-,28?/m1/s1. The van der Waals surface area contributed by atoms with E-state index >= 15 is 0 Å². The summed E-state index contributed by atoms with van der Waals surface area (Å²) in [5.74, 6) is 0.409. The van der Waals surface area contributed by atoms with Gasteiger partial charge in [-0.3, -0.25) is 4.79 Å². The molecule has 7 heteroatoms. The van der Waals surface area contributed by atoms with Crippen LogP contribution in [0.5, 0.6) is 5.75 Å². The second kappa shape index (κ2) is 12.4. The Bertz CT molecular complexity index is 1060. The van der Waals surface area contributed by atoms with Gasteiger partial charge in [0.15, 0.2) is 6.23 Å². The molecule has 200 valence electrons. The van der Waals surface area contributed by atoms with Gasteiger partial charge in [-0.15, -0.1) is 6.58 Å². The fourth-order valence-corrected chi connectivity index (χ4v) is 4.96. The summed E-state index contributed by atoms with van der Waals surface area (Å²) >= 11 is 0. The van der Waals surface area contributed by atoms with Crippen LogP contribution in [0.15, 0.2) is 61.2 Å². The van der Waals surface area contributed by atoms with Crippen LogP contribution in [0.1, 0.15) is 61.9 Å². The number of nitrogens with zero attached hydrogens (tertiary/aromatic N) is 2. The van der Waals surface area contributed by atoms with Crippen molar-refractivity contribution in [1.82, 2.24) is 15.1 Å². The maximum atomic E-state index is 13.4. The lowest BCUT2D eigenvalue weighted by Gasteiger charge is -2.53. The van der Waals surface area contributed by atoms with Gasteiger partial charge in [-0.05, 0) is 63.5 Å². The molecule has 1 aliphatic heterocycles. The third kappa shape index (κ3) is 5.89. The first kappa shape index (κ1) is 28.4. The number of β-lactam (4-membered cyclic amide) rings is 1. The number of benzene rings is 2. The minimum atomic E-state index is -0.740. The maximum absolute atomic E-state index is 13.4. The lowest BCUT2D eigenvalue weighted by atomic mass is 9.72. The van der Waals surface area contributed by atoms with Crippen molar-refractivity contribution in [3.63, 3.8) is 0 Å². The molecule has 3 atom stereocenters. The SMILES string of the molecule is C=CCC(NC(=O)N1C(=O)C(CC)(CC)C1Oc1ccc([C@@H](COC)N(C)C)cc1)c1ccc(C)cc1. The summed E-state index contributed by atoms with van der Waals surface area (Å²) < 4.78 is 11.7. The van der Waals surface area contributed by atoms with Crippen LogP contribution < -0.4 is 10.1 Å². The Morgan fingerprint density at radius 1 is 1.11 bits per heavy atom. The summed E-state index contributed by atoms with van der Waals surface area (Å²) in [7, 11) is 5.71. The fourth-order valence-electron chi connectivity index (χ4n) is 4.96. The Kier molecular flexibility index (Phi) is 9.51. The van der Waals surface area contributed by atoms with Crippen molar-refractivity contribution in [1.29, 1.82) is 0 Å². The number of hydrogen-bond acceptors (Lipinski definition) is 5. The quantitative estimate of drug-likeness (QED) is 0.298. The highest BCUT2D eigenvalue weighted by Gasteiger charge is 2.63. The maximum Gasteiger partial charge on any atom is 0.327 e. The van der Waals surface area contributed by atoms with Gasteiger partial charge in [-0.2, -0.15) is 0 Å². The molecule has 1 saturated heterocycles. The van der Waals surface area contributed by atoms with E-state index in [9.17, 15) is 9.59 Å². The molecule has 0 aromatic heterocycles. The van der Waals surface area contributed by atoms with Crippen molar-refractivity contribution in [2.75, 3.05) is 27.8 Å². The van der Waals surface area contributed by atoms with Crippen LogP contribution in [-0.4, -0.2) is 55.8 Å². The van der Waals surface area contributed by atoms with E-state index in [-0.39, 0.29) is 18.0 Å². The molecule has 0 radical (unpaired) electrons. The van der Waals surface area contributed by atoms with E-state index in [2.05, 4.69) is 16.8 Å². The van der Waals surface area contributed by atoms with Gasteiger partial charge in [0, 0.05) is 7.11 Å². The smallest absolute Gasteiger partial charge is 0.327 e. The highest BCUT2D eigenvalue weighted by Crippen LogP contribution is 2.46. The zero-order valence-corrected chi connectivity index (χ0v) is 23.0. The Balaban J connectivity index is 1.82. The number of ether oxygens (including phenoxy) is 2. The third-order valence-corrected chi connectivity index (χ3v) is 7.47. The number of urea groups is 1. The molecule has 1 fully saturated rings.